The number of carbonyl (C=O) groups is 1. The van der Waals surface area contributed by atoms with Crippen LogP contribution in [0, 0.1) is 5.82 Å². The first-order valence-corrected chi connectivity index (χ1v) is 7.96. The lowest BCUT2D eigenvalue weighted by molar-refractivity contribution is 0.244. The van der Waals surface area contributed by atoms with Crippen LogP contribution in [0.5, 0.6) is 5.75 Å². The molecule has 132 valence electrons. The van der Waals surface area contributed by atoms with Gasteiger partial charge in [0, 0.05) is 11.8 Å². The number of aromatic nitrogens is 3. The average molecular weight is 354 g/mol. The van der Waals surface area contributed by atoms with Crippen molar-refractivity contribution >= 4 is 11.7 Å². The minimum Gasteiger partial charge on any atom is -0.497 e. The minimum atomic E-state index is -0.539. The Hall–Kier alpha value is -3.42. The van der Waals surface area contributed by atoms with Gasteiger partial charge >= 0.3 is 11.7 Å². The molecule has 3 aromatic rings. The molecule has 1 aliphatic rings. The third kappa shape index (κ3) is 2.65. The molecule has 0 radical (unpaired) electrons. The summed E-state index contributed by atoms with van der Waals surface area (Å²) in [7, 11) is 1.55. The van der Waals surface area contributed by atoms with E-state index in [9.17, 15) is 14.0 Å². The minimum absolute atomic E-state index is 0.0568. The molecule has 1 aromatic heterocycles. The van der Waals surface area contributed by atoms with E-state index in [1.165, 1.54) is 26.4 Å². The molecule has 4 rings (SSSR count). The topological polar surface area (TPSA) is 69.4 Å². The van der Waals surface area contributed by atoms with Crippen LogP contribution in [0.4, 0.5) is 14.9 Å². The van der Waals surface area contributed by atoms with Crippen molar-refractivity contribution in [3.63, 3.8) is 0 Å². The van der Waals surface area contributed by atoms with Gasteiger partial charge in [-0.05, 0) is 29.8 Å². The number of anilines is 1. The zero-order chi connectivity index (χ0) is 18.3. The van der Waals surface area contributed by atoms with Crippen LogP contribution < -0.4 is 15.3 Å². The Labute approximate surface area is 147 Å². The highest BCUT2D eigenvalue weighted by molar-refractivity contribution is 5.95. The van der Waals surface area contributed by atoms with E-state index in [1.807, 2.05) is 0 Å². The molecule has 0 fully saturated rings. The molecule has 8 heteroatoms. The molecule has 2 aromatic carbocycles. The van der Waals surface area contributed by atoms with E-state index in [0.717, 1.165) is 0 Å². The number of methoxy groups -OCH3 is 1. The SMILES string of the molecule is COc1cccc(N2Cc3nc(=O)n(Cc4cccc(F)c4)n3C2=O)c1. The maximum Gasteiger partial charge on any atom is 0.364 e. The maximum atomic E-state index is 13.4. The lowest BCUT2D eigenvalue weighted by atomic mass is 10.2. The third-order valence-electron chi connectivity index (χ3n) is 4.23. The van der Waals surface area contributed by atoms with E-state index < -0.39 is 11.5 Å². The quantitative estimate of drug-likeness (QED) is 0.720. The summed E-state index contributed by atoms with van der Waals surface area (Å²) < 4.78 is 21.1. The van der Waals surface area contributed by atoms with Crippen LogP contribution in [0.15, 0.2) is 53.3 Å². The van der Waals surface area contributed by atoms with Gasteiger partial charge in [0.25, 0.3) is 0 Å². The molecular weight excluding hydrogens is 339 g/mol. The number of halogens is 1. The monoisotopic (exact) mass is 354 g/mol. The Balaban J connectivity index is 1.69. The predicted octanol–water partition coefficient (Wildman–Crippen LogP) is 2.23. The Morgan fingerprint density at radius 1 is 1.15 bits per heavy atom. The first kappa shape index (κ1) is 16.1. The number of rotatable bonds is 4. The fraction of sp³-hybridized carbons (Fsp3) is 0.167. The Kier molecular flexibility index (Phi) is 3.80. The van der Waals surface area contributed by atoms with Gasteiger partial charge in [0.1, 0.15) is 11.6 Å². The third-order valence-corrected chi connectivity index (χ3v) is 4.23. The van der Waals surface area contributed by atoms with Gasteiger partial charge < -0.3 is 4.74 Å². The predicted molar refractivity (Wildman–Crippen MR) is 92.0 cm³/mol. The largest absolute Gasteiger partial charge is 0.497 e. The molecule has 0 saturated heterocycles. The lowest BCUT2D eigenvalue weighted by Crippen LogP contribution is -2.34. The highest BCUT2D eigenvalue weighted by Gasteiger charge is 2.33. The van der Waals surface area contributed by atoms with Crippen LogP contribution in [-0.4, -0.2) is 27.5 Å². The Morgan fingerprint density at radius 2 is 1.96 bits per heavy atom. The number of fused-ring (bicyclic) bond motifs is 1. The van der Waals surface area contributed by atoms with Gasteiger partial charge in [0.2, 0.25) is 0 Å². The number of nitrogens with zero attached hydrogens (tertiary/aromatic N) is 4. The van der Waals surface area contributed by atoms with E-state index in [2.05, 4.69) is 4.98 Å². The van der Waals surface area contributed by atoms with Crippen LogP contribution in [0.25, 0.3) is 0 Å². The van der Waals surface area contributed by atoms with Crippen molar-refractivity contribution in [1.29, 1.82) is 0 Å². The lowest BCUT2D eigenvalue weighted by Gasteiger charge is -2.16. The summed E-state index contributed by atoms with van der Waals surface area (Å²) in [6.45, 7) is 0.235. The zero-order valence-electron chi connectivity index (χ0n) is 13.9. The Bertz CT molecular complexity index is 1060. The van der Waals surface area contributed by atoms with Crippen molar-refractivity contribution in [2.75, 3.05) is 12.0 Å². The van der Waals surface area contributed by atoms with Crippen molar-refractivity contribution in [2.24, 2.45) is 0 Å². The van der Waals surface area contributed by atoms with Crippen molar-refractivity contribution < 1.29 is 13.9 Å². The highest BCUT2D eigenvalue weighted by Crippen LogP contribution is 2.26. The molecule has 0 aliphatic carbocycles. The van der Waals surface area contributed by atoms with Gasteiger partial charge in [0.15, 0.2) is 5.82 Å². The van der Waals surface area contributed by atoms with Crippen LogP contribution in [0.1, 0.15) is 11.4 Å². The normalized spacial score (nSPS) is 13.2. The molecular formula is C18H15FN4O3. The molecule has 7 nitrogen and oxygen atoms in total. The van der Waals surface area contributed by atoms with Crippen molar-refractivity contribution in [2.45, 2.75) is 13.1 Å². The van der Waals surface area contributed by atoms with Crippen LogP contribution >= 0.6 is 0 Å². The second kappa shape index (κ2) is 6.14. The first-order chi connectivity index (χ1) is 12.6. The van der Waals surface area contributed by atoms with Gasteiger partial charge in [-0.25, -0.2) is 18.7 Å². The average Bonchev–Trinajstić information content (AvgIpc) is 3.11. The van der Waals surface area contributed by atoms with Crippen molar-refractivity contribution in [3.8, 4) is 5.75 Å². The molecule has 0 saturated carbocycles. The molecule has 0 unspecified atom stereocenters. The number of hydrogen-bond donors (Lipinski definition) is 0. The molecule has 0 N–H and O–H groups in total. The summed E-state index contributed by atoms with van der Waals surface area (Å²) in [6.07, 6.45) is 0. The van der Waals surface area contributed by atoms with Gasteiger partial charge in [-0.15, -0.1) is 0 Å². The molecule has 1 aliphatic heterocycles. The summed E-state index contributed by atoms with van der Waals surface area (Å²) in [5.74, 6) is 0.567. The molecule has 26 heavy (non-hydrogen) atoms. The van der Waals surface area contributed by atoms with Crippen molar-refractivity contribution in [1.82, 2.24) is 14.3 Å². The van der Waals surface area contributed by atoms with E-state index in [-0.39, 0.29) is 19.1 Å². The van der Waals surface area contributed by atoms with E-state index in [0.29, 0.717) is 22.8 Å². The van der Waals surface area contributed by atoms with Crippen molar-refractivity contribution in [3.05, 3.63) is 76.2 Å². The highest BCUT2D eigenvalue weighted by atomic mass is 19.1. The van der Waals surface area contributed by atoms with Crippen LogP contribution in [-0.2, 0) is 13.1 Å². The van der Waals surface area contributed by atoms with Gasteiger partial charge in [-0.2, -0.15) is 9.67 Å². The number of benzene rings is 2. The molecule has 2 heterocycles. The smallest absolute Gasteiger partial charge is 0.364 e. The molecule has 1 amide bonds. The van der Waals surface area contributed by atoms with Gasteiger partial charge in [0.05, 0.1) is 20.2 Å². The van der Waals surface area contributed by atoms with E-state index >= 15 is 0 Å². The van der Waals surface area contributed by atoms with Gasteiger partial charge in [-0.3, -0.25) is 4.90 Å². The zero-order valence-corrected chi connectivity index (χ0v) is 13.9. The van der Waals surface area contributed by atoms with E-state index in [1.54, 1.807) is 43.5 Å². The summed E-state index contributed by atoms with van der Waals surface area (Å²) in [6, 6.07) is 12.6. The second-order valence-electron chi connectivity index (χ2n) is 5.88. The first-order valence-electron chi connectivity index (χ1n) is 7.96. The van der Waals surface area contributed by atoms with Gasteiger partial charge in [-0.1, -0.05) is 18.2 Å². The summed E-state index contributed by atoms with van der Waals surface area (Å²) in [5.41, 5.74) is 0.676. The fourth-order valence-corrected chi connectivity index (χ4v) is 3.01. The summed E-state index contributed by atoms with van der Waals surface area (Å²) in [4.78, 5) is 30.5. The standard InChI is InChI=1S/C18H15FN4O3/c1-26-15-7-3-6-14(9-15)21-11-16-20-17(24)22(23(16)18(21)25)10-12-4-2-5-13(19)8-12/h2-9H,10-11H2,1H3. The fourth-order valence-electron chi connectivity index (χ4n) is 3.01. The number of carbonyl (C=O) groups excluding carboxylic acids is 1. The number of hydrogen-bond acceptors (Lipinski definition) is 4. The Morgan fingerprint density at radius 3 is 2.73 bits per heavy atom. The molecule has 0 spiro atoms. The number of amides is 1. The molecule has 0 atom stereocenters. The summed E-state index contributed by atoms with van der Waals surface area (Å²) >= 11 is 0. The van der Waals surface area contributed by atoms with E-state index in [4.69, 9.17) is 4.74 Å². The van der Waals surface area contributed by atoms with Crippen LogP contribution in [0.3, 0.4) is 0 Å². The maximum absolute atomic E-state index is 13.4. The summed E-state index contributed by atoms with van der Waals surface area (Å²) in [5, 5.41) is 0. The second-order valence-corrected chi connectivity index (χ2v) is 5.88. The molecule has 0 bridgehead atoms. The van der Waals surface area contributed by atoms with Crippen LogP contribution in [0.2, 0.25) is 0 Å². The number of ether oxygens (including phenoxy) is 1.